The van der Waals surface area contributed by atoms with Crippen molar-refractivity contribution in [3.8, 4) is 0 Å². The first kappa shape index (κ1) is 23.8. The molecule has 166 valence electrons. The Morgan fingerprint density at radius 2 is 1.06 bits per heavy atom. The number of hydrogen-bond acceptors (Lipinski definition) is 5. The minimum Gasteiger partial charge on any atom is -0.212 e. The van der Waals surface area contributed by atoms with Gasteiger partial charge in [0.25, 0.3) is 0 Å². The lowest BCUT2D eigenvalue weighted by atomic mass is 10.00. The van der Waals surface area contributed by atoms with E-state index in [0.29, 0.717) is 9.98 Å². The van der Waals surface area contributed by atoms with Gasteiger partial charge in [0.2, 0.25) is 8.87 Å². The van der Waals surface area contributed by atoms with E-state index in [-0.39, 0.29) is 0 Å². The van der Waals surface area contributed by atoms with E-state index in [2.05, 4.69) is 36.4 Å². The van der Waals surface area contributed by atoms with Gasteiger partial charge >= 0.3 is 0 Å². The molecule has 0 radical (unpaired) electrons. The van der Waals surface area contributed by atoms with Gasteiger partial charge in [-0.25, -0.2) is 8.42 Å². The van der Waals surface area contributed by atoms with Crippen molar-refractivity contribution in [3.63, 3.8) is 0 Å². The lowest BCUT2D eigenvalue weighted by molar-refractivity contribution is 0.610. The summed E-state index contributed by atoms with van der Waals surface area (Å²) >= 11 is 3.23. The van der Waals surface area contributed by atoms with Crippen molar-refractivity contribution in [3.05, 3.63) is 137 Å². The summed E-state index contributed by atoms with van der Waals surface area (Å²) in [6, 6.07) is 39.3. The average Bonchev–Trinajstić information content (AvgIpc) is 2.86. The largest absolute Gasteiger partial charge is 0.230 e. The maximum absolute atomic E-state index is 12.8. The van der Waals surface area contributed by atoms with E-state index < -0.39 is 8.87 Å². The third-order valence-electron chi connectivity index (χ3n) is 4.71. The molecular weight excluding hydrogens is 485 g/mol. The second kappa shape index (κ2) is 11.7. The van der Waals surface area contributed by atoms with Crippen molar-refractivity contribution >= 4 is 48.8 Å². The van der Waals surface area contributed by atoms with Crippen LogP contribution in [0.4, 0.5) is 0 Å². The van der Waals surface area contributed by atoms with Crippen molar-refractivity contribution < 1.29 is 8.42 Å². The van der Waals surface area contributed by atoms with Gasteiger partial charge in [-0.2, -0.15) is 0 Å². The van der Waals surface area contributed by atoms with Crippen LogP contribution in [0, 0.1) is 0 Å². The quantitative estimate of drug-likeness (QED) is 0.130. The van der Waals surface area contributed by atoms with Crippen LogP contribution in [0.1, 0.15) is 11.1 Å². The molecule has 0 spiro atoms. The maximum atomic E-state index is 12.8. The van der Waals surface area contributed by atoms with E-state index in [4.69, 9.17) is 0 Å². The Morgan fingerprint density at radius 1 is 0.606 bits per heavy atom. The summed E-state index contributed by atoms with van der Waals surface area (Å²) in [5.41, 5.74) is 3.31. The lowest BCUT2D eigenvalue weighted by Crippen LogP contribution is -1.96. The Labute approximate surface area is 207 Å². The summed E-state index contributed by atoms with van der Waals surface area (Å²) in [5, 5.41) is 0.384. The first-order valence-corrected chi connectivity index (χ1v) is 15.1. The number of benzene rings is 4. The van der Waals surface area contributed by atoms with Crippen LogP contribution in [0.2, 0.25) is 0 Å². The second-order valence-corrected chi connectivity index (χ2v) is 13.6. The van der Waals surface area contributed by atoms with Gasteiger partial charge in [-0.3, -0.25) is 0 Å². The molecule has 0 aliphatic carbocycles. The van der Waals surface area contributed by atoms with Crippen LogP contribution in [-0.2, 0) is 8.87 Å². The third kappa shape index (κ3) is 6.58. The molecule has 0 atom stereocenters. The van der Waals surface area contributed by atoms with E-state index >= 15 is 0 Å². The molecule has 6 heteroatoms. The Morgan fingerprint density at radius 3 is 1.58 bits per heavy atom. The average molecular weight is 507 g/mol. The maximum Gasteiger partial charge on any atom is 0.230 e. The Balaban J connectivity index is 1.70. The van der Waals surface area contributed by atoms with Crippen LogP contribution in [0.25, 0.3) is 5.57 Å². The number of thioether (sulfide) groups is 2. The first-order chi connectivity index (χ1) is 16.1. The van der Waals surface area contributed by atoms with Crippen LogP contribution >= 0.6 is 34.3 Å². The molecule has 33 heavy (non-hydrogen) atoms. The van der Waals surface area contributed by atoms with Crippen LogP contribution in [0.3, 0.4) is 0 Å². The third-order valence-corrected chi connectivity index (χ3v) is 11.1. The van der Waals surface area contributed by atoms with Crippen LogP contribution in [0.5, 0.6) is 0 Å². The molecule has 4 aromatic carbocycles. The van der Waals surface area contributed by atoms with E-state index in [1.54, 1.807) is 47.8 Å². The highest BCUT2D eigenvalue weighted by molar-refractivity contribution is 8.73. The Kier molecular flexibility index (Phi) is 8.40. The minimum absolute atomic E-state index is 0.336. The highest BCUT2D eigenvalue weighted by Gasteiger charge is 2.18. The van der Waals surface area contributed by atoms with Crippen LogP contribution in [0.15, 0.2) is 135 Å². The zero-order valence-corrected chi connectivity index (χ0v) is 21.0. The minimum atomic E-state index is -3.42. The zero-order chi connectivity index (χ0) is 22.9. The number of rotatable bonds is 9. The Bertz CT molecular complexity index is 1250. The van der Waals surface area contributed by atoms with Crippen molar-refractivity contribution in [2.75, 3.05) is 5.08 Å². The number of hydrogen-bond donors (Lipinski definition) is 0. The molecule has 0 aromatic heterocycles. The van der Waals surface area contributed by atoms with Crippen LogP contribution < -0.4 is 0 Å². The van der Waals surface area contributed by atoms with Crippen molar-refractivity contribution in [1.29, 1.82) is 0 Å². The van der Waals surface area contributed by atoms with E-state index in [1.165, 1.54) is 0 Å². The molecule has 0 aliphatic heterocycles. The highest BCUT2D eigenvalue weighted by atomic mass is 33.1. The lowest BCUT2D eigenvalue weighted by Gasteiger charge is -2.16. The molecule has 2 nitrogen and oxygen atoms in total. The summed E-state index contributed by atoms with van der Waals surface area (Å²) < 4.78 is 26.7. The molecule has 0 amide bonds. The van der Waals surface area contributed by atoms with Gasteiger partial charge in [0, 0.05) is 10.5 Å². The van der Waals surface area contributed by atoms with Crippen LogP contribution in [-0.4, -0.2) is 13.5 Å². The van der Waals surface area contributed by atoms with Gasteiger partial charge in [0.1, 0.15) is 0 Å². The summed E-state index contributed by atoms with van der Waals surface area (Å²) in [6.07, 6.45) is 0. The van der Waals surface area contributed by atoms with Gasteiger partial charge in [-0.15, -0.1) is 11.8 Å². The molecule has 0 unspecified atom stereocenters. The summed E-state index contributed by atoms with van der Waals surface area (Å²) in [6.45, 7) is 0. The highest BCUT2D eigenvalue weighted by Crippen LogP contribution is 2.44. The topological polar surface area (TPSA) is 34.1 Å². The summed E-state index contributed by atoms with van der Waals surface area (Å²) in [4.78, 5) is 1.45. The smallest absolute Gasteiger partial charge is 0.212 e. The molecule has 4 aromatic rings. The van der Waals surface area contributed by atoms with Gasteiger partial charge in [-0.1, -0.05) is 109 Å². The van der Waals surface area contributed by atoms with Gasteiger partial charge in [0.15, 0.2) is 0 Å². The first-order valence-electron chi connectivity index (χ1n) is 10.3. The molecule has 0 fully saturated rings. The molecule has 0 saturated carbocycles. The van der Waals surface area contributed by atoms with Crippen molar-refractivity contribution in [1.82, 2.24) is 0 Å². The molecular formula is C27H22O2S4. The molecule has 0 N–H and O–H groups in total. The van der Waals surface area contributed by atoms with Gasteiger partial charge in [-0.05, 0) is 46.2 Å². The molecule has 0 bridgehead atoms. The second-order valence-electron chi connectivity index (χ2n) is 6.96. The van der Waals surface area contributed by atoms with E-state index in [1.807, 2.05) is 60.7 Å². The van der Waals surface area contributed by atoms with Crippen molar-refractivity contribution in [2.45, 2.75) is 9.79 Å². The predicted molar refractivity (Wildman–Crippen MR) is 145 cm³/mol. The predicted octanol–water partition coefficient (Wildman–Crippen LogP) is 8.01. The standard InChI is InChI=1S/C27H22O2S4/c28-33(29,25-19-11-4-12-20-25)31-21-30-27(32-24-17-9-3-10-18-24)26(22-13-5-1-6-14-22)23-15-7-2-8-16-23/h1-20H,21H2. The molecule has 0 heterocycles. The van der Waals surface area contributed by atoms with Gasteiger partial charge < -0.3 is 0 Å². The fourth-order valence-corrected chi connectivity index (χ4v) is 9.41. The SMILES string of the molecule is O=S(=O)(SCSC(Sc1ccccc1)=C(c1ccccc1)c1ccccc1)c1ccccc1. The Hall–Kier alpha value is -2.38. The monoisotopic (exact) mass is 506 g/mol. The van der Waals surface area contributed by atoms with Crippen molar-refractivity contribution in [2.24, 2.45) is 0 Å². The molecule has 4 rings (SSSR count). The van der Waals surface area contributed by atoms with E-state index in [9.17, 15) is 8.42 Å². The molecule has 0 aliphatic rings. The normalized spacial score (nSPS) is 11.2. The zero-order valence-electron chi connectivity index (χ0n) is 17.7. The summed E-state index contributed by atoms with van der Waals surface area (Å²) in [7, 11) is -2.45. The van der Waals surface area contributed by atoms with Gasteiger partial charge in [0.05, 0.1) is 14.2 Å². The van der Waals surface area contributed by atoms with E-state index in [0.717, 1.165) is 36.6 Å². The summed E-state index contributed by atoms with van der Waals surface area (Å²) in [5.74, 6) is 0. The molecule has 0 saturated heterocycles. The fourth-order valence-electron chi connectivity index (χ4n) is 3.16. The fraction of sp³-hybridized carbons (Fsp3) is 0.0370.